The maximum Gasteiger partial charge on any atom is 0.155 e. The van der Waals surface area contributed by atoms with E-state index in [0.29, 0.717) is 6.42 Å². The summed E-state index contributed by atoms with van der Waals surface area (Å²) in [4.78, 5) is 19.5. The summed E-state index contributed by atoms with van der Waals surface area (Å²) in [7, 11) is 0. The Bertz CT molecular complexity index is 148. The van der Waals surface area contributed by atoms with E-state index in [2.05, 4.69) is 0 Å². The highest BCUT2D eigenvalue weighted by molar-refractivity contribution is 5.90. The number of carbonyl (C=O) groups is 2. The Kier molecular flexibility index (Phi) is 6.59. The van der Waals surface area contributed by atoms with Crippen LogP contribution >= 0.6 is 0 Å². The number of rotatable bonds is 1. The van der Waals surface area contributed by atoms with Gasteiger partial charge in [0.25, 0.3) is 0 Å². The topological polar surface area (TPSA) is 34.1 Å². The van der Waals surface area contributed by atoms with E-state index >= 15 is 0 Å². The van der Waals surface area contributed by atoms with E-state index in [4.69, 9.17) is 0 Å². The van der Waals surface area contributed by atoms with Gasteiger partial charge in [-0.25, -0.2) is 0 Å². The maximum absolute atomic E-state index is 10.4. The first-order valence-electron chi connectivity index (χ1n) is 3.94. The van der Waals surface area contributed by atoms with Gasteiger partial charge < -0.3 is 4.79 Å². The van der Waals surface area contributed by atoms with Crippen LogP contribution in [-0.2, 0) is 9.59 Å². The molecule has 2 nitrogen and oxygen atoms in total. The van der Waals surface area contributed by atoms with Gasteiger partial charge in [0.05, 0.1) is 0 Å². The molecule has 0 radical (unpaired) electrons. The summed E-state index contributed by atoms with van der Waals surface area (Å²) in [5.41, 5.74) is 0. The van der Waals surface area contributed by atoms with E-state index in [9.17, 15) is 9.59 Å². The highest BCUT2D eigenvalue weighted by atomic mass is 16.1. The van der Waals surface area contributed by atoms with Gasteiger partial charge in [0.2, 0.25) is 0 Å². The molecule has 0 unspecified atom stereocenters. The van der Waals surface area contributed by atoms with E-state index in [1.54, 1.807) is 6.08 Å². The number of hydrogen-bond acceptors (Lipinski definition) is 2. The summed E-state index contributed by atoms with van der Waals surface area (Å²) < 4.78 is 0. The smallest absolute Gasteiger partial charge is 0.155 e. The third kappa shape index (κ3) is 6.97. The van der Waals surface area contributed by atoms with Gasteiger partial charge in [-0.3, -0.25) is 4.79 Å². The molecule has 0 N–H and O–H groups in total. The first-order valence-corrected chi connectivity index (χ1v) is 3.94. The SMILES string of the molecule is CCC=O.O=C1C=CCCC1. The summed E-state index contributed by atoms with van der Waals surface area (Å²) in [6, 6.07) is 0. The summed E-state index contributed by atoms with van der Waals surface area (Å²) in [5, 5.41) is 0. The van der Waals surface area contributed by atoms with E-state index in [-0.39, 0.29) is 5.78 Å². The largest absolute Gasteiger partial charge is 0.303 e. The Morgan fingerprint density at radius 1 is 1.64 bits per heavy atom. The maximum atomic E-state index is 10.4. The fraction of sp³-hybridized carbons (Fsp3) is 0.556. The van der Waals surface area contributed by atoms with E-state index in [1.165, 1.54) is 0 Å². The zero-order valence-electron chi connectivity index (χ0n) is 6.88. The lowest BCUT2D eigenvalue weighted by atomic mass is 10.1. The predicted octanol–water partition coefficient (Wildman–Crippen LogP) is 1.89. The van der Waals surface area contributed by atoms with Crippen molar-refractivity contribution in [2.24, 2.45) is 0 Å². The number of hydrogen-bond donors (Lipinski definition) is 0. The zero-order chi connectivity index (χ0) is 8.53. The molecular formula is C9H14O2. The second-order valence-corrected chi connectivity index (χ2v) is 2.34. The lowest BCUT2D eigenvalue weighted by Gasteiger charge is -1.97. The van der Waals surface area contributed by atoms with E-state index < -0.39 is 0 Å². The zero-order valence-corrected chi connectivity index (χ0v) is 6.88. The van der Waals surface area contributed by atoms with Crippen molar-refractivity contribution in [2.75, 3.05) is 0 Å². The molecule has 0 spiro atoms. The minimum Gasteiger partial charge on any atom is -0.303 e. The van der Waals surface area contributed by atoms with Crippen molar-refractivity contribution in [3.05, 3.63) is 12.2 Å². The van der Waals surface area contributed by atoms with Crippen LogP contribution in [0, 0.1) is 0 Å². The van der Waals surface area contributed by atoms with Crippen molar-refractivity contribution in [3.8, 4) is 0 Å². The number of aldehydes is 1. The third-order valence-corrected chi connectivity index (χ3v) is 1.26. The van der Waals surface area contributed by atoms with Crippen LogP contribution in [-0.4, -0.2) is 12.1 Å². The fourth-order valence-corrected chi connectivity index (χ4v) is 0.692. The monoisotopic (exact) mass is 154 g/mol. The first kappa shape index (κ1) is 10.1. The summed E-state index contributed by atoms with van der Waals surface area (Å²) >= 11 is 0. The molecule has 0 aliphatic heterocycles. The van der Waals surface area contributed by atoms with Gasteiger partial charge in [-0.1, -0.05) is 13.0 Å². The van der Waals surface area contributed by atoms with Gasteiger partial charge in [0, 0.05) is 12.8 Å². The van der Waals surface area contributed by atoms with Crippen molar-refractivity contribution in [3.63, 3.8) is 0 Å². The Morgan fingerprint density at radius 2 is 2.27 bits per heavy atom. The van der Waals surface area contributed by atoms with Gasteiger partial charge in [-0.05, 0) is 18.9 Å². The van der Waals surface area contributed by atoms with Crippen LogP contribution in [0.3, 0.4) is 0 Å². The predicted molar refractivity (Wildman–Crippen MR) is 44.4 cm³/mol. The number of carbonyl (C=O) groups excluding carboxylic acids is 2. The molecular weight excluding hydrogens is 140 g/mol. The highest BCUT2D eigenvalue weighted by Gasteiger charge is 1.98. The molecule has 0 amide bonds. The molecule has 1 aliphatic carbocycles. The average Bonchev–Trinajstić information content (AvgIpc) is 2.07. The van der Waals surface area contributed by atoms with Crippen molar-refractivity contribution in [1.82, 2.24) is 0 Å². The molecule has 1 rings (SSSR count). The molecule has 2 heteroatoms. The molecule has 0 heterocycles. The normalized spacial score (nSPS) is 15.2. The second kappa shape index (κ2) is 7.19. The van der Waals surface area contributed by atoms with Crippen LogP contribution in [0.1, 0.15) is 32.6 Å². The van der Waals surface area contributed by atoms with Crippen molar-refractivity contribution >= 4 is 12.1 Å². The lowest BCUT2D eigenvalue weighted by Crippen LogP contribution is -1.95. The van der Waals surface area contributed by atoms with Gasteiger partial charge >= 0.3 is 0 Å². The molecule has 0 bridgehead atoms. The van der Waals surface area contributed by atoms with Gasteiger partial charge in [-0.2, -0.15) is 0 Å². The highest BCUT2D eigenvalue weighted by Crippen LogP contribution is 2.04. The summed E-state index contributed by atoms with van der Waals surface area (Å²) in [5.74, 6) is 0.284. The Morgan fingerprint density at radius 3 is 2.45 bits per heavy atom. The van der Waals surface area contributed by atoms with Crippen molar-refractivity contribution in [1.29, 1.82) is 0 Å². The Labute approximate surface area is 67.3 Å². The molecule has 0 saturated carbocycles. The van der Waals surface area contributed by atoms with Crippen LogP contribution in [0.4, 0.5) is 0 Å². The quantitative estimate of drug-likeness (QED) is 0.540. The average molecular weight is 154 g/mol. The van der Waals surface area contributed by atoms with Crippen LogP contribution < -0.4 is 0 Å². The van der Waals surface area contributed by atoms with Gasteiger partial charge in [0.15, 0.2) is 5.78 Å². The third-order valence-electron chi connectivity index (χ3n) is 1.26. The Hall–Kier alpha value is -0.920. The first-order chi connectivity index (χ1) is 5.31. The van der Waals surface area contributed by atoms with Crippen molar-refractivity contribution < 1.29 is 9.59 Å². The minimum atomic E-state index is 0.284. The molecule has 0 atom stereocenters. The summed E-state index contributed by atoms with van der Waals surface area (Å²) in [6.07, 6.45) is 8.02. The van der Waals surface area contributed by atoms with Crippen LogP contribution in [0.15, 0.2) is 12.2 Å². The molecule has 0 aromatic carbocycles. The molecule has 0 aromatic heterocycles. The van der Waals surface area contributed by atoms with Crippen LogP contribution in [0.2, 0.25) is 0 Å². The number of allylic oxidation sites excluding steroid dienone is 2. The Balaban J connectivity index is 0.000000218. The molecule has 0 saturated heterocycles. The molecule has 11 heavy (non-hydrogen) atoms. The molecule has 0 fully saturated rings. The second-order valence-electron chi connectivity index (χ2n) is 2.34. The standard InChI is InChI=1S/C6H8O.C3H6O/c7-6-4-2-1-3-5-6;1-2-3-4/h2,4H,1,3,5H2;3H,2H2,1H3. The van der Waals surface area contributed by atoms with Crippen LogP contribution in [0.5, 0.6) is 0 Å². The van der Waals surface area contributed by atoms with Crippen LogP contribution in [0.25, 0.3) is 0 Å². The fourth-order valence-electron chi connectivity index (χ4n) is 0.692. The molecule has 1 aliphatic rings. The van der Waals surface area contributed by atoms with E-state index in [0.717, 1.165) is 25.5 Å². The van der Waals surface area contributed by atoms with E-state index in [1.807, 2.05) is 13.0 Å². The molecule has 0 aromatic rings. The molecule has 62 valence electrons. The van der Waals surface area contributed by atoms with Crippen molar-refractivity contribution in [2.45, 2.75) is 32.6 Å². The number of ketones is 1. The minimum absolute atomic E-state index is 0.284. The van der Waals surface area contributed by atoms with Gasteiger partial charge in [0.1, 0.15) is 6.29 Å². The van der Waals surface area contributed by atoms with Gasteiger partial charge in [-0.15, -0.1) is 0 Å². The summed E-state index contributed by atoms with van der Waals surface area (Å²) in [6.45, 7) is 1.81. The lowest BCUT2D eigenvalue weighted by molar-refractivity contribution is -0.115.